The van der Waals surface area contributed by atoms with E-state index in [9.17, 15) is 26.4 Å². The Kier molecular flexibility index (Phi) is 7.47. The molecule has 3 aliphatic rings. The molecule has 0 saturated heterocycles. The van der Waals surface area contributed by atoms with Crippen LogP contribution in [-0.2, 0) is 33.7 Å². The number of carbonyl (C=O) groups excluding carboxylic acids is 1. The van der Waals surface area contributed by atoms with Gasteiger partial charge < -0.3 is 15.0 Å². The Bertz CT molecular complexity index is 1630. The highest BCUT2D eigenvalue weighted by molar-refractivity contribution is 7.91. The van der Waals surface area contributed by atoms with Crippen LogP contribution in [0, 0.1) is 0 Å². The van der Waals surface area contributed by atoms with Crippen LogP contribution in [0.15, 0.2) is 29.3 Å². The lowest BCUT2D eigenvalue weighted by Gasteiger charge is -2.29. The van der Waals surface area contributed by atoms with Gasteiger partial charge in [-0.2, -0.15) is 13.2 Å². The van der Waals surface area contributed by atoms with Crippen LogP contribution in [0.3, 0.4) is 0 Å². The summed E-state index contributed by atoms with van der Waals surface area (Å²) in [6.45, 7) is 3.30. The minimum Gasteiger partial charge on any atom is -0.380 e. The van der Waals surface area contributed by atoms with Gasteiger partial charge in [0.05, 0.1) is 38.5 Å². The lowest BCUT2D eigenvalue weighted by Crippen LogP contribution is -2.34. The van der Waals surface area contributed by atoms with Gasteiger partial charge in [0, 0.05) is 45.5 Å². The van der Waals surface area contributed by atoms with E-state index >= 15 is 0 Å². The molecule has 2 aromatic heterocycles. The highest BCUT2D eigenvalue weighted by Crippen LogP contribution is 2.42. The average molecular weight is 628 g/mol. The van der Waals surface area contributed by atoms with E-state index in [-0.39, 0.29) is 39.4 Å². The number of fused-ring (bicyclic) bond motifs is 7. The standard InChI is InChI=1S/C26H25ClF3N5O4S2/c27-18-10-15-2-4-34-5-8-39-7-1-3-35-6-9-41(37,38)21-12-20(40-23(21)24(35)36)22-17(26(28,29)30)13-31-25(33-22)32-19(18)11-16(15)14-34/h10-13H,1-9,14H2,(H,31,32,33). The van der Waals surface area contributed by atoms with Crippen molar-refractivity contribution in [3.05, 3.63) is 51.0 Å². The van der Waals surface area contributed by atoms with Crippen LogP contribution in [0.1, 0.15) is 32.8 Å². The average Bonchev–Trinajstić information content (AvgIpc) is 3.35. The van der Waals surface area contributed by atoms with Gasteiger partial charge in [0.25, 0.3) is 5.91 Å². The summed E-state index contributed by atoms with van der Waals surface area (Å²) in [4.78, 5) is 24.6. The van der Waals surface area contributed by atoms with E-state index in [0.29, 0.717) is 61.0 Å². The molecular weight excluding hydrogens is 603 g/mol. The monoisotopic (exact) mass is 627 g/mol. The molecule has 218 valence electrons. The number of nitrogens with zero attached hydrogens (tertiary/aromatic N) is 4. The van der Waals surface area contributed by atoms with Crippen molar-refractivity contribution in [1.82, 2.24) is 19.8 Å². The minimum atomic E-state index is -4.83. The van der Waals surface area contributed by atoms with Crippen LogP contribution in [0.5, 0.6) is 0 Å². The summed E-state index contributed by atoms with van der Waals surface area (Å²) in [6.07, 6.45) is -2.90. The molecule has 0 radical (unpaired) electrons. The second-order valence-electron chi connectivity index (χ2n) is 10.1. The maximum absolute atomic E-state index is 14.1. The molecule has 1 atom stereocenters. The lowest BCUT2D eigenvalue weighted by atomic mass is 9.99. The molecule has 0 fully saturated rings. The summed E-state index contributed by atoms with van der Waals surface area (Å²) in [5, 5.41) is 3.31. The number of nitrogens with one attached hydrogen (secondary N) is 1. The maximum atomic E-state index is 14.1. The molecule has 0 aliphatic carbocycles. The zero-order valence-electron chi connectivity index (χ0n) is 21.6. The number of benzene rings is 1. The molecule has 1 amide bonds. The first-order valence-corrected chi connectivity index (χ1v) is 15.8. The first-order chi connectivity index (χ1) is 19.5. The normalized spacial score (nSPS) is 20.9. The zero-order chi connectivity index (χ0) is 28.9. The predicted octanol–water partition coefficient (Wildman–Crippen LogP) is 4.63. The Balaban J connectivity index is 1.48. The number of anilines is 2. The van der Waals surface area contributed by atoms with Crippen LogP contribution in [0.25, 0.3) is 10.6 Å². The van der Waals surface area contributed by atoms with Crippen molar-refractivity contribution in [3.63, 3.8) is 0 Å². The van der Waals surface area contributed by atoms with E-state index in [4.69, 9.17) is 16.3 Å². The summed E-state index contributed by atoms with van der Waals surface area (Å²) in [5.41, 5.74) is 0.879. The number of aromatic nitrogens is 2. The van der Waals surface area contributed by atoms with Crippen molar-refractivity contribution in [2.24, 2.45) is 0 Å². The molecule has 1 aromatic carbocycles. The smallest absolute Gasteiger partial charge is 0.380 e. The molecule has 41 heavy (non-hydrogen) atoms. The molecule has 15 heteroatoms. The third-order valence-electron chi connectivity index (χ3n) is 7.37. The molecule has 8 bridgehead atoms. The zero-order valence-corrected chi connectivity index (χ0v) is 24.0. The van der Waals surface area contributed by atoms with E-state index in [2.05, 4.69) is 20.2 Å². The summed E-state index contributed by atoms with van der Waals surface area (Å²) in [5.74, 6) is -1.03. The first-order valence-electron chi connectivity index (χ1n) is 13.0. The van der Waals surface area contributed by atoms with Gasteiger partial charge in [-0.25, -0.2) is 18.4 Å². The van der Waals surface area contributed by atoms with Crippen LogP contribution in [0.4, 0.5) is 24.8 Å². The molecule has 0 saturated carbocycles. The highest BCUT2D eigenvalue weighted by atomic mass is 35.5. The number of carbonyl (C=O) groups is 1. The lowest BCUT2D eigenvalue weighted by molar-refractivity contribution is -0.137. The molecule has 3 aliphatic heterocycles. The van der Waals surface area contributed by atoms with Crippen molar-refractivity contribution < 1.29 is 31.1 Å². The summed E-state index contributed by atoms with van der Waals surface area (Å²) < 4.78 is 74.2. The van der Waals surface area contributed by atoms with Crippen molar-refractivity contribution in [2.75, 3.05) is 50.5 Å². The van der Waals surface area contributed by atoms with E-state index in [1.807, 2.05) is 12.1 Å². The van der Waals surface area contributed by atoms with Crippen molar-refractivity contribution in [1.29, 1.82) is 0 Å². The number of thiophene rings is 1. The quantitative estimate of drug-likeness (QED) is 0.385. The number of hydrogen-bond donors (Lipinski definition) is 1. The van der Waals surface area contributed by atoms with E-state index in [1.165, 1.54) is 4.90 Å². The van der Waals surface area contributed by atoms with Crippen molar-refractivity contribution in [2.45, 2.75) is 30.5 Å². The van der Waals surface area contributed by atoms with E-state index < -0.39 is 33.2 Å². The van der Waals surface area contributed by atoms with Crippen LogP contribution in [0.2, 0.25) is 5.02 Å². The Hall–Kier alpha value is -2.78. The highest BCUT2D eigenvalue weighted by Gasteiger charge is 2.39. The van der Waals surface area contributed by atoms with Gasteiger partial charge in [0.15, 0.2) is 9.84 Å². The largest absolute Gasteiger partial charge is 0.420 e. The second kappa shape index (κ2) is 10.8. The van der Waals surface area contributed by atoms with E-state index in [0.717, 1.165) is 30.2 Å². The number of ether oxygens (including phenoxy) is 1. The molecule has 5 heterocycles. The Morgan fingerprint density at radius 3 is 2.71 bits per heavy atom. The van der Waals surface area contributed by atoms with Crippen molar-refractivity contribution in [3.8, 4) is 10.6 Å². The summed E-state index contributed by atoms with van der Waals surface area (Å²) in [7, 11) is -3.93. The number of hydrogen-bond acceptors (Lipinski definition) is 9. The van der Waals surface area contributed by atoms with Gasteiger partial charge in [-0.15, -0.1) is 11.3 Å². The predicted molar refractivity (Wildman–Crippen MR) is 147 cm³/mol. The van der Waals surface area contributed by atoms with Crippen LogP contribution < -0.4 is 5.32 Å². The third-order valence-corrected chi connectivity index (χ3v) is 10.7. The van der Waals surface area contributed by atoms with Gasteiger partial charge in [0.2, 0.25) is 5.95 Å². The number of amides is 1. The fraction of sp³-hybridized carbons (Fsp3) is 0.423. The van der Waals surface area contributed by atoms with E-state index in [1.54, 1.807) is 0 Å². The van der Waals surface area contributed by atoms with Gasteiger partial charge >= 0.3 is 6.18 Å². The molecule has 1 unspecified atom stereocenters. The van der Waals surface area contributed by atoms with Crippen LogP contribution in [-0.4, -0.2) is 79.2 Å². The topological polar surface area (TPSA) is 105 Å². The first kappa shape index (κ1) is 28.3. The molecule has 1 N–H and O–H groups in total. The number of rotatable bonds is 0. The Morgan fingerprint density at radius 2 is 1.90 bits per heavy atom. The number of alkyl halides is 3. The fourth-order valence-corrected chi connectivity index (χ4v) is 8.39. The summed E-state index contributed by atoms with van der Waals surface area (Å²) >= 11 is 7.21. The van der Waals surface area contributed by atoms with Crippen LogP contribution >= 0.6 is 22.9 Å². The molecule has 6 rings (SSSR count). The maximum Gasteiger partial charge on any atom is 0.420 e. The summed E-state index contributed by atoms with van der Waals surface area (Å²) in [6, 6.07) is 4.80. The molecule has 0 spiro atoms. The SMILES string of the molecule is O=C1c2sc3cc2S(=O)(=O)CCN1CCCOCCN1CCc2cc(Cl)c(cc2C1)Nc1ncc(C(F)(F)F)c-3n1. The van der Waals surface area contributed by atoms with Gasteiger partial charge in [-0.3, -0.25) is 9.69 Å². The Morgan fingerprint density at radius 1 is 1.07 bits per heavy atom. The fourth-order valence-electron chi connectivity index (χ4n) is 5.21. The third kappa shape index (κ3) is 5.67. The number of sulfone groups is 1. The molecule has 9 nitrogen and oxygen atoms in total. The van der Waals surface area contributed by atoms with Gasteiger partial charge in [-0.05, 0) is 42.2 Å². The Labute approximate surface area is 243 Å². The second-order valence-corrected chi connectivity index (χ2v) is 13.6. The van der Waals surface area contributed by atoms with Crippen molar-refractivity contribution >= 4 is 50.3 Å². The molecule has 3 aromatic rings. The molecular formula is C26H25ClF3N5O4S2. The van der Waals surface area contributed by atoms with Gasteiger partial charge in [0.1, 0.15) is 10.4 Å². The minimum absolute atomic E-state index is 0.0120. The number of halogens is 4. The van der Waals surface area contributed by atoms with Gasteiger partial charge in [-0.1, -0.05) is 11.6 Å².